The number of aliphatic hydroxyl groups is 1. The van der Waals surface area contributed by atoms with Gasteiger partial charge < -0.3 is 15.0 Å². The molecule has 0 spiro atoms. The highest BCUT2D eigenvalue weighted by molar-refractivity contribution is 7.89. The van der Waals surface area contributed by atoms with Crippen LogP contribution >= 0.6 is 0 Å². The Morgan fingerprint density at radius 2 is 1.73 bits per heavy atom. The van der Waals surface area contributed by atoms with Crippen LogP contribution in [-0.4, -0.2) is 58.2 Å². The molecule has 7 rings (SSSR count). The number of H-pyrrole nitrogens is 1. The Balaban J connectivity index is 1.09. The Kier molecular flexibility index (Phi) is 8.96. The van der Waals surface area contributed by atoms with Crippen LogP contribution in [0.2, 0.25) is 0 Å². The molecule has 9 nitrogen and oxygen atoms in total. The molecule has 1 aromatic heterocycles. The topological polar surface area (TPSA) is 124 Å². The summed E-state index contributed by atoms with van der Waals surface area (Å²) in [5.74, 6) is -0.793. The molecule has 3 heterocycles. The highest BCUT2D eigenvalue weighted by Crippen LogP contribution is 2.52. The van der Waals surface area contributed by atoms with Crippen LogP contribution in [0.3, 0.4) is 0 Å². The van der Waals surface area contributed by atoms with Crippen molar-refractivity contribution in [2.45, 2.75) is 61.2 Å². The molecule has 1 saturated carbocycles. The molecule has 3 aromatic carbocycles. The second-order valence-electron chi connectivity index (χ2n) is 13.2. The number of hydrogen-bond acceptors (Lipinski definition) is 6. The van der Waals surface area contributed by atoms with Crippen molar-refractivity contribution in [3.05, 3.63) is 134 Å². The molecule has 0 unspecified atom stereocenters. The van der Waals surface area contributed by atoms with Gasteiger partial charge in [-0.3, -0.25) is 9.59 Å². The van der Waals surface area contributed by atoms with Gasteiger partial charge in [-0.15, -0.1) is 0 Å². The summed E-state index contributed by atoms with van der Waals surface area (Å²) in [4.78, 5) is 36.0. The summed E-state index contributed by atoms with van der Waals surface area (Å²) >= 11 is 0. The highest BCUT2D eigenvalue weighted by Gasteiger charge is 2.49. The summed E-state index contributed by atoms with van der Waals surface area (Å²) in [7, 11) is -3.78. The molecule has 14 heteroatoms. The van der Waals surface area contributed by atoms with Crippen molar-refractivity contribution in [3.8, 4) is 0 Å². The largest absolute Gasteiger partial charge is 0.416 e. The van der Waals surface area contributed by atoms with Crippen molar-refractivity contribution in [2.75, 3.05) is 19.6 Å². The van der Waals surface area contributed by atoms with E-state index in [1.54, 1.807) is 0 Å². The Morgan fingerprint density at radius 1 is 0.980 bits per heavy atom. The summed E-state index contributed by atoms with van der Waals surface area (Å²) in [6.45, 7) is 0.472. The summed E-state index contributed by atoms with van der Waals surface area (Å²) in [5, 5.41) is 10.7. The molecule has 1 amide bonds. The molecule has 3 aliphatic rings. The lowest BCUT2D eigenvalue weighted by atomic mass is 9.90. The molecule has 1 aliphatic carbocycles. The average Bonchev–Trinajstić information content (AvgIpc) is 3.96. The number of hydrogen-bond donors (Lipinski definition) is 2. The highest BCUT2D eigenvalue weighted by atomic mass is 32.2. The number of aliphatic hydroxyl groups excluding tert-OH is 1. The van der Waals surface area contributed by atoms with Gasteiger partial charge in [0.25, 0.3) is 11.5 Å². The maximum atomic E-state index is 13.5. The first-order chi connectivity index (χ1) is 24.3. The van der Waals surface area contributed by atoms with Crippen molar-refractivity contribution < 1.29 is 35.9 Å². The fourth-order valence-corrected chi connectivity index (χ4v) is 8.31. The van der Waals surface area contributed by atoms with Crippen LogP contribution in [-0.2, 0) is 39.4 Å². The number of aromatic amines is 1. The molecule has 0 saturated heterocycles. The standard InChI is InChI=1S/C37H34F4N4O5S/c38-28-9-11-29(12-10-28)51(49,50)45-18-13-23(14-19-45)24-4-1-6-26(20-24)36(15-16-36)35-42-31-8-3-17-44(22-30(31)33(47)43-35)34(48)32(46)25-5-2-7-27(21-25)37(39,40)41/h1-2,4-7,9-13,20-21,32,46H,3,8,14-19,22H2,(H,42,43,47)/t32-/m1/s1. The van der Waals surface area contributed by atoms with E-state index in [4.69, 9.17) is 4.98 Å². The predicted octanol–water partition coefficient (Wildman–Crippen LogP) is 5.49. The van der Waals surface area contributed by atoms with Crippen LogP contribution in [0.5, 0.6) is 0 Å². The third-order valence-electron chi connectivity index (χ3n) is 9.98. The lowest BCUT2D eigenvalue weighted by molar-refractivity contribution is -0.142. The number of sulfonamides is 1. The SMILES string of the molecule is O=C([C@H](O)c1cccc(C(F)(F)F)c1)N1CCCc2nc(C3(c4cccc(C5=CCN(S(=O)(=O)c6ccc(F)cc6)CC5)c4)CC3)[nH]c(=O)c2C1. The molecule has 0 radical (unpaired) electrons. The summed E-state index contributed by atoms with van der Waals surface area (Å²) < 4.78 is 80.6. The molecule has 0 bridgehead atoms. The van der Waals surface area contributed by atoms with E-state index < -0.39 is 50.6 Å². The molecule has 266 valence electrons. The summed E-state index contributed by atoms with van der Waals surface area (Å²) in [6.07, 6.45) is -1.78. The monoisotopic (exact) mass is 722 g/mol. The van der Waals surface area contributed by atoms with Crippen molar-refractivity contribution in [3.63, 3.8) is 0 Å². The van der Waals surface area contributed by atoms with E-state index in [1.165, 1.54) is 27.4 Å². The Morgan fingerprint density at radius 3 is 2.41 bits per heavy atom. The summed E-state index contributed by atoms with van der Waals surface area (Å²) in [5.41, 5.74) is 1.59. The van der Waals surface area contributed by atoms with Crippen molar-refractivity contribution >= 4 is 21.5 Å². The molecule has 1 atom stereocenters. The lowest BCUT2D eigenvalue weighted by Gasteiger charge is -2.26. The van der Waals surface area contributed by atoms with Crippen LogP contribution in [0.25, 0.3) is 5.57 Å². The predicted molar refractivity (Wildman–Crippen MR) is 179 cm³/mol. The van der Waals surface area contributed by atoms with E-state index in [9.17, 15) is 40.7 Å². The van der Waals surface area contributed by atoms with Crippen LogP contribution in [0.15, 0.2) is 88.6 Å². The van der Waals surface area contributed by atoms with Crippen LogP contribution in [0.4, 0.5) is 17.6 Å². The maximum Gasteiger partial charge on any atom is 0.416 e. The number of aromatic nitrogens is 2. The second kappa shape index (κ2) is 13.1. The molecular weight excluding hydrogens is 688 g/mol. The minimum atomic E-state index is -4.63. The Hall–Kier alpha value is -4.66. The fraction of sp³-hybridized carbons (Fsp3) is 0.324. The normalized spacial score (nSPS) is 18.4. The lowest BCUT2D eigenvalue weighted by Crippen LogP contribution is -2.36. The number of nitrogens with one attached hydrogen (secondary N) is 1. The van der Waals surface area contributed by atoms with Crippen molar-refractivity contribution in [1.29, 1.82) is 0 Å². The zero-order valence-electron chi connectivity index (χ0n) is 27.3. The van der Waals surface area contributed by atoms with Gasteiger partial charge in [0.2, 0.25) is 10.0 Å². The van der Waals surface area contributed by atoms with E-state index >= 15 is 0 Å². The second-order valence-corrected chi connectivity index (χ2v) is 15.1. The molecule has 4 aromatic rings. The number of fused-ring (bicyclic) bond motifs is 1. The van der Waals surface area contributed by atoms with Gasteiger partial charge in [-0.2, -0.15) is 17.5 Å². The first-order valence-corrected chi connectivity index (χ1v) is 18.0. The van der Waals surface area contributed by atoms with Crippen LogP contribution in [0, 0.1) is 5.82 Å². The van der Waals surface area contributed by atoms with E-state index in [1.807, 2.05) is 30.3 Å². The van der Waals surface area contributed by atoms with Gasteiger partial charge in [0.05, 0.1) is 33.7 Å². The number of amides is 1. The van der Waals surface area contributed by atoms with Gasteiger partial charge in [-0.1, -0.05) is 42.5 Å². The smallest absolute Gasteiger partial charge is 0.378 e. The van der Waals surface area contributed by atoms with E-state index in [0.29, 0.717) is 30.8 Å². The van der Waals surface area contributed by atoms with E-state index in [-0.39, 0.29) is 42.2 Å². The van der Waals surface area contributed by atoms with Crippen molar-refractivity contribution in [2.24, 2.45) is 0 Å². The number of rotatable bonds is 7. The minimum Gasteiger partial charge on any atom is -0.378 e. The first kappa shape index (κ1) is 34.8. The van der Waals surface area contributed by atoms with E-state index in [0.717, 1.165) is 59.9 Å². The number of carbonyl (C=O) groups is 1. The quantitative estimate of drug-likeness (QED) is 0.243. The van der Waals surface area contributed by atoms with Gasteiger partial charge in [0.15, 0.2) is 6.10 Å². The molecule has 51 heavy (non-hydrogen) atoms. The van der Waals surface area contributed by atoms with Crippen LogP contribution in [0.1, 0.15) is 71.1 Å². The Labute approximate surface area is 291 Å². The van der Waals surface area contributed by atoms with Gasteiger partial charge in [0.1, 0.15) is 11.6 Å². The van der Waals surface area contributed by atoms with Crippen LogP contribution < -0.4 is 5.56 Å². The average molecular weight is 723 g/mol. The van der Waals surface area contributed by atoms with Gasteiger partial charge in [0, 0.05) is 19.6 Å². The van der Waals surface area contributed by atoms with Gasteiger partial charge in [-0.05, 0) is 90.8 Å². The number of nitrogens with zero attached hydrogens (tertiary/aromatic N) is 3. The van der Waals surface area contributed by atoms with Gasteiger partial charge in [-0.25, -0.2) is 17.8 Å². The first-order valence-electron chi connectivity index (χ1n) is 16.6. The molecule has 1 fully saturated rings. The number of aryl methyl sites for hydroxylation is 1. The summed E-state index contributed by atoms with van der Waals surface area (Å²) in [6, 6.07) is 16.7. The van der Waals surface area contributed by atoms with Gasteiger partial charge >= 0.3 is 6.18 Å². The number of carbonyl (C=O) groups excluding carboxylic acids is 1. The minimum absolute atomic E-state index is 0.0349. The maximum absolute atomic E-state index is 13.5. The zero-order valence-corrected chi connectivity index (χ0v) is 28.1. The molecule has 2 aliphatic heterocycles. The third-order valence-corrected chi connectivity index (χ3v) is 11.9. The molecular formula is C37H34F4N4O5S. The zero-order chi connectivity index (χ0) is 36.1. The number of benzene rings is 3. The third kappa shape index (κ3) is 6.75. The number of halogens is 4. The fourth-order valence-electron chi connectivity index (χ4n) is 6.93. The number of alkyl halides is 3. The molecule has 2 N–H and O–H groups in total. The van der Waals surface area contributed by atoms with E-state index in [2.05, 4.69) is 4.98 Å². The Bertz CT molecular complexity index is 2200. The van der Waals surface area contributed by atoms with Crippen molar-refractivity contribution in [1.82, 2.24) is 19.2 Å².